The van der Waals surface area contributed by atoms with Gasteiger partial charge in [-0.15, -0.1) is 0 Å². The molecule has 7 heteroatoms. The van der Waals surface area contributed by atoms with E-state index in [1.165, 1.54) is 0 Å². The highest BCUT2D eigenvalue weighted by molar-refractivity contribution is 5.67. The van der Waals surface area contributed by atoms with Crippen LogP contribution in [-0.2, 0) is 4.74 Å². The van der Waals surface area contributed by atoms with Crippen LogP contribution in [0.1, 0.15) is 12.5 Å². The minimum Gasteiger partial charge on any atom is -0.478 e. The second kappa shape index (κ2) is 8.02. The molecular formula is C18H24N4O3. The Morgan fingerprint density at radius 3 is 2.68 bits per heavy atom. The summed E-state index contributed by atoms with van der Waals surface area (Å²) >= 11 is 0. The van der Waals surface area contributed by atoms with Crippen LogP contribution < -0.4 is 4.74 Å². The Balaban J connectivity index is 1.50. The summed E-state index contributed by atoms with van der Waals surface area (Å²) in [6.07, 6.45) is 1.52. The van der Waals surface area contributed by atoms with Crippen molar-refractivity contribution in [2.45, 2.75) is 13.8 Å². The highest BCUT2D eigenvalue weighted by Gasteiger charge is 2.21. The predicted molar refractivity (Wildman–Crippen MR) is 94.4 cm³/mol. The van der Waals surface area contributed by atoms with Gasteiger partial charge in [0.15, 0.2) is 0 Å². The largest absolute Gasteiger partial charge is 0.478 e. The average Bonchev–Trinajstić information content (AvgIpc) is 3.15. The van der Waals surface area contributed by atoms with Crippen LogP contribution in [0.5, 0.6) is 5.75 Å². The zero-order valence-electron chi connectivity index (χ0n) is 14.7. The van der Waals surface area contributed by atoms with E-state index in [9.17, 15) is 4.79 Å². The molecule has 1 N–H and O–H groups in total. The molecule has 0 bridgehead atoms. The zero-order valence-corrected chi connectivity index (χ0v) is 14.7. The van der Waals surface area contributed by atoms with Crippen molar-refractivity contribution in [3.63, 3.8) is 0 Å². The Hall–Kier alpha value is -2.54. The maximum atomic E-state index is 11.7. The number of carbonyl (C=O) groups is 1. The van der Waals surface area contributed by atoms with E-state index in [-0.39, 0.29) is 6.09 Å². The maximum Gasteiger partial charge on any atom is 0.409 e. The lowest BCUT2D eigenvalue weighted by atomic mass is 10.1. The highest BCUT2D eigenvalue weighted by atomic mass is 16.6. The summed E-state index contributed by atoms with van der Waals surface area (Å²) in [4.78, 5) is 15.6. The van der Waals surface area contributed by atoms with Crippen LogP contribution in [-0.4, -0.2) is 65.6 Å². The number of aromatic nitrogens is 2. The van der Waals surface area contributed by atoms with Gasteiger partial charge in [-0.25, -0.2) is 4.79 Å². The third-order valence-corrected chi connectivity index (χ3v) is 4.30. The number of benzene rings is 1. The molecule has 1 aromatic heterocycles. The number of nitrogens with zero attached hydrogens (tertiary/aromatic N) is 3. The molecule has 0 saturated carbocycles. The maximum absolute atomic E-state index is 11.7. The van der Waals surface area contributed by atoms with Crippen molar-refractivity contribution < 1.29 is 14.3 Å². The number of hydrogen-bond donors (Lipinski definition) is 1. The fourth-order valence-electron chi connectivity index (χ4n) is 2.87. The third kappa shape index (κ3) is 4.30. The molecule has 1 aliphatic heterocycles. The molecule has 1 aliphatic rings. The number of ether oxygens (including phenoxy) is 2. The Bertz CT molecular complexity index is 694. The van der Waals surface area contributed by atoms with Gasteiger partial charge in [-0.3, -0.25) is 10.00 Å². The summed E-state index contributed by atoms with van der Waals surface area (Å²) in [5, 5.41) is 6.97. The standard InChI is InChI=1S/C18H24N4O3/c1-3-24-18(23)22-10-8-21(9-11-22)13-25-15-4-5-16(14(2)12-15)17-6-7-19-20-17/h4-7,12H,3,8-11,13H2,1-2H3,(H,19,20). The summed E-state index contributed by atoms with van der Waals surface area (Å²) in [7, 11) is 0. The Morgan fingerprint density at radius 2 is 2.04 bits per heavy atom. The number of aromatic amines is 1. The van der Waals surface area contributed by atoms with Gasteiger partial charge in [-0.2, -0.15) is 5.10 Å². The molecule has 25 heavy (non-hydrogen) atoms. The molecule has 0 spiro atoms. The van der Waals surface area contributed by atoms with Crippen molar-refractivity contribution in [3.05, 3.63) is 36.0 Å². The molecule has 1 aromatic carbocycles. The first kappa shape index (κ1) is 17.3. The fraction of sp³-hybridized carbons (Fsp3) is 0.444. The highest BCUT2D eigenvalue weighted by Crippen LogP contribution is 2.25. The summed E-state index contributed by atoms with van der Waals surface area (Å²) in [6.45, 7) is 7.70. The number of nitrogens with one attached hydrogen (secondary N) is 1. The van der Waals surface area contributed by atoms with Gasteiger partial charge in [-0.05, 0) is 43.7 Å². The number of rotatable bonds is 5. The number of hydrogen-bond acceptors (Lipinski definition) is 5. The number of amides is 1. The summed E-state index contributed by atoms with van der Waals surface area (Å²) in [5.74, 6) is 0.841. The molecule has 0 radical (unpaired) electrons. The number of H-pyrrole nitrogens is 1. The second-order valence-corrected chi connectivity index (χ2v) is 6.02. The van der Waals surface area contributed by atoms with E-state index < -0.39 is 0 Å². The van der Waals surface area contributed by atoms with Gasteiger partial charge in [0.1, 0.15) is 12.5 Å². The first-order chi connectivity index (χ1) is 12.2. The van der Waals surface area contributed by atoms with E-state index >= 15 is 0 Å². The molecule has 1 fully saturated rings. The van der Waals surface area contributed by atoms with E-state index in [2.05, 4.69) is 22.0 Å². The van der Waals surface area contributed by atoms with Gasteiger partial charge >= 0.3 is 6.09 Å². The predicted octanol–water partition coefficient (Wildman–Crippen LogP) is 2.50. The van der Waals surface area contributed by atoms with Crippen LogP contribution in [0.15, 0.2) is 30.5 Å². The Labute approximate surface area is 147 Å². The van der Waals surface area contributed by atoms with Crippen LogP contribution in [0.2, 0.25) is 0 Å². The van der Waals surface area contributed by atoms with E-state index in [1.54, 1.807) is 11.1 Å². The van der Waals surface area contributed by atoms with E-state index in [0.29, 0.717) is 26.4 Å². The monoisotopic (exact) mass is 344 g/mol. The van der Waals surface area contributed by atoms with Crippen LogP contribution in [0, 0.1) is 6.92 Å². The molecule has 2 heterocycles. The number of aryl methyl sites for hydroxylation is 1. The molecule has 134 valence electrons. The molecule has 2 aromatic rings. The van der Waals surface area contributed by atoms with Gasteiger partial charge < -0.3 is 14.4 Å². The van der Waals surface area contributed by atoms with Crippen molar-refractivity contribution >= 4 is 6.09 Å². The lowest BCUT2D eigenvalue weighted by Gasteiger charge is -2.33. The average molecular weight is 344 g/mol. The SMILES string of the molecule is CCOC(=O)N1CCN(COc2ccc(-c3ccn[nH]3)c(C)c2)CC1. The third-order valence-electron chi connectivity index (χ3n) is 4.30. The van der Waals surface area contributed by atoms with Crippen molar-refractivity contribution in [2.75, 3.05) is 39.5 Å². The summed E-state index contributed by atoms with van der Waals surface area (Å²) < 4.78 is 10.9. The fourth-order valence-corrected chi connectivity index (χ4v) is 2.87. The van der Waals surface area contributed by atoms with Crippen molar-refractivity contribution in [1.82, 2.24) is 20.0 Å². The van der Waals surface area contributed by atoms with E-state index in [4.69, 9.17) is 9.47 Å². The van der Waals surface area contributed by atoms with Crippen molar-refractivity contribution in [3.8, 4) is 17.0 Å². The Kier molecular flexibility index (Phi) is 5.55. The minimum atomic E-state index is -0.229. The van der Waals surface area contributed by atoms with Crippen LogP contribution in [0.4, 0.5) is 4.79 Å². The topological polar surface area (TPSA) is 70.7 Å². The summed E-state index contributed by atoms with van der Waals surface area (Å²) in [5.41, 5.74) is 3.25. The van der Waals surface area contributed by atoms with Gasteiger partial charge in [0.2, 0.25) is 0 Å². The second-order valence-electron chi connectivity index (χ2n) is 6.02. The van der Waals surface area contributed by atoms with Crippen LogP contribution >= 0.6 is 0 Å². The lowest BCUT2D eigenvalue weighted by molar-refractivity contribution is 0.0516. The molecule has 3 rings (SSSR count). The lowest BCUT2D eigenvalue weighted by Crippen LogP contribution is -2.49. The van der Waals surface area contributed by atoms with Crippen molar-refractivity contribution in [2.24, 2.45) is 0 Å². The molecule has 1 amide bonds. The zero-order chi connectivity index (χ0) is 17.6. The van der Waals surface area contributed by atoms with Crippen LogP contribution in [0.25, 0.3) is 11.3 Å². The molecular weight excluding hydrogens is 320 g/mol. The van der Waals surface area contributed by atoms with E-state index in [0.717, 1.165) is 35.7 Å². The van der Waals surface area contributed by atoms with Gasteiger partial charge in [0, 0.05) is 37.9 Å². The van der Waals surface area contributed by atoms with Gasteiger partial charge in [0.25, 0.3) is 0 Å². The Morgan fingerprint density at radius 1 is 1.24 bits per heavy atom. The summed E-state index contributed by atoms with van der Waals surface area (Å²) in [6, 6.07) is 7.99. The van der Waals surface area contributed by atoms with Crippen molar-refractivity contribution in [1.29, 1.82) is 0 Å². The molecule has 0 unspecified atom stereocenters. The van der Waals surface area contributed by atoms with E-state index in [1.807, 2.05) is 31.2 Å². The molecule has 0 aliphatic carbocycles. The van der Waals surface area contributed by atoms with Gasteiger partial charge in [-0.1, -0.05) is 0 Å². The number of carbonyl (C=O) groups excluding carboxylic acids is 1. The minimum absolute atomic E-state index is 0.229. The van der Waals surface area contributed by atoms with Gasteiger partial charge in [0.05, 0.1) is 12.3 Å². The molecule has 0 atom stereocenters. The number of piperazine rings is 1. The quantitative estimate of drug-likeness (QED) is 0.902. The normalized spacial score (nSPS) is 15.2. The molecule has 1 saturated heterocycles. The molecule has 7 nitrogen and oxygen atoms in total. The van der Waals surface area contributed by atoms with Crippen LogP contribution in [0.3, 0.4) is 0 Å². The first-order valence-corrected chi connectivity index (χ1v) is 8.54. The first-order valence-electron chi connectivity index (χ1n) is 8.54. The smallest absolute Gasteiger partial charge is 0.409 e.